The number of carbonyl (C=O) groups is 2. The van der Waals surface area contributed by atoms with Gasteiger partial charge in [-0.3, -0.25) is 4.79 Å². The van der Waals surface area contributed by atoms with E-state index in [2.05, 4.69) is 39.8 Å². The van der Waals surface area contributed by atoms with Gasteiger partial charge in [-0.2, -0.15) is 11.8 Å². The maximum Gasteiger partial charge on any atom is 0.315 e. The van der Waals surface area contributed by atoms with Crippen molar-refractivity contribution in [3.8, 4) is 0 Å². The Morgan fingerprint density at radius 2 is 2.04 bits per heavy atom. The number of fused-ring (bicyclic) bond motifs is 1. The molecule has 3 aliphatic rings. The number of rotatable bonds is 6. The van der Waals surface area contributed by atoms with E-state index in [-0.39, 0.29) is 24.2 Å². The number of hydrogen-bond acceptors (Lipinski definition) is 3. The lowest BCUT2D eigenvalue weighted by Gasteiger charge is -2.25. The van der Waals surface area contributed by atoms with Crippen molar-refractivity contribution in [2.75, 3.05) is 12.3 Å². The maximum atomic E-state index is 12.7. The minimum Gasteiger partial charge on any atom is -0.336 e. The van der Waals surface area contributed by atoms with Crippen molar-refractivity contribution in [3.63, 3.8) is 0 Å². The Morgan fingerprint density at radius 3 is 2.88 bits per heavy atom. The highest BCUT2D eigenvalue weighted by molar-refractivity contribution is 8.00. The van der Waals surface area contributed by atoms with Gasteiger partial charge in [0.25, 0.3) is 0 Å². The Labute approximate surface area is 159 Å². The van der Waals surface area contributed by atoms with E-state index in [1.807, 2.05) is 17.8 Å². The average Bonchev–Trinajstić information content (AvgIpc) is 3.35. The molecular weight excluding hydrogens is 346 g/mol. The van der Waals surface area contributed by atoms with Crippen LogP contribution in [0.3, 0.4) is 0 Å². The number of nitrogens with one attached hydrogen (secondary N) is 2. The summed E-state index contributed by atoms with van der Waals surface area (Å²) in [5.74, 6) is 1.30. The molecule has 6 heteroatoms. The largest absolute Gasteiger partial charge is 0.336 e. The van der Waals surface area contributed by atoms with Crippen LogP contribution in [-0.2, 0) is 4.79 Å². The van der Waals surface area contributed by atoms with Crippen molar-refractivity contribution in [2.24, 2.45) is 0 Å². The van der Waals surface area contributed by atoms with Crippen LogP contribution in [0.25, 0.3) is 0 Å². The molecule has 3 fully saturated rings. The Balaban J connectivity index is 1.22. The lowest BCUT2D eigenvalue weighted by molar-refractivity contribution is -0.132. The maximum absolute atomic E-state index is 12.7. The van der Waals surface area contributed by atoms with E-state index < -0.39 is 0 Å². The molecule has 3 amide bonds. The molecule has 2 N–H and O–H groups in total. The summed E-state index contributed by atoms with van der Waals surface area (Å²) < 4.78 is 0. The summed E-state index contributed by atoms with van der Waals surface area (Å²) in [6.07, 6.45) is 5.87. The van der Waals surface area contributed by atoms with Gasteiger partial charge < -0.3 is 15.5 Å². The lowest BCUT2D eigenvalue weighted by atomic mass is 10.0. The van der Waals surface area contributed by atoms with Gasteiger partial charge in [0.05, 0.1) is 18.1 Å². The predicted octanol–water partition coefficient (Wildman–Crippen LogP) is 3.08. The molecule has 140 valence electrons. The molecular formula is C20H27N3O2S. The first kappa shape index (κ1) is 17.7. The van der Waals surface area contributed by atoms with Crippen molar-refractivity contribution in [3.05, 3.63) is 35.9 Å². The molecule has 0 radical (unpaired) electrons. The lowest BCUT2D eigenvalue weighted by Crippen LogP contribution is -2.36. The van der Waals surface area contributed by atoms with E-state index in [0.29, 0.717) is 17.6 Å². The smallest absolute Gasteiger partial charge is 0.315 e. The number of carbonyl (C=O) groups excluding carboxylic acids is 2. The quantitative estimate of drug-likeness (QED) is 0.595. The van der Waals surface area contributed by atoms with Gasteiger partial charge in [-0.25, -0.2) is 4.79 Å². The summed E-state index contributed by atoms with van der Waals surface area (Å²) in [4.78, 5) is 26.2. The van der Waals surface area contributed by atoms with E-state index >= 15 is 0 Å². The van der Waals surface area contributed by atoms with Crippen LogP contribution in [0.1, 0.15) is 50.1 Å². The highest BCUT2D eigenvalue weighted by Gasteiger charge is 2.42. The molecule has 3 aliphatic heterocycles. The van der Waals surface area contributed by atoms with Gasteiger partial charge in [0, 0.05) is 24.0 Å². The zero-order valence-electron chi connectivity index (χ0n) is 15.0. The van der Waals surface area contributed by atoms with E-state index in [0.717, 1.165) is 44.4 Å². The monoisotopic (exact) mass is 373 g/mol. The summed E-state index contributed by atoms with van der Waals surface area (Å²) in [7, 11) is 0. The molecule has 4 atom stereocenters. The topological polar surface area (TPSA) is 61.4 Å². The molecule has 3 heterocycles. The van der Waals surface area contributed by atoms with Gasteiger partial charge in [0.1, 0.15) is 0 Å². The van der Waals surface area contributed by atoms with Crippen molar-refractivity contribution >= 4 is 23.7 Å². The summed E-state index contributed by atoms with van der Waals surface area (Å²) in [6.45, 7) is 0.887. The number of benzene rings is 1. The van der Waals surface area contributed by atoms with Crippen LogP contribution in [-0.4, -0.2) is 46.5 Å². The zero-order chi connectivity index (χ0) is 17.9. The summed E-state index contributed by atoms with van der Waals surface area (Å²) in [5.41, 5.74) is 1.26. The summed E-state index contributed by atoms with van der Waals surface area (Å²) >= 11 is 1.95. The number of thioether (sulfide) groups is 1. The van der Waals surface area contributed by atoms with E-state index in [1.165, 1.54) is 5.56 Å². The first-order valence-corrected chi connectivity index (χ1v) is 10.8. The Kier molecular flexibility index (Phi) is 5.38. The fraction of sp³-hybridized carbons (Fsp3) is 0.600. The number of likely N-dealkylation sites (tertiary alicyclic amines) is 1. The van der Waals surface area contributed by atoms with E-state index in [9.17, 15) is 9.59 Å². The standard InChI is InChI=1S/C20H27N3O2S/c24-18(23-12-6-9-16(23)14-7-2-1-3-8-14)11-5-4-10-17-19-15(13-26-17)21-20(25)22-19/h1-3,7-8,15-17,19H,4-6,9-13H2,(H2,21,22,25)/t15-,16-,17-,19-/m0/s1. The Hall–Kier alpha value is -1.69. The Bertz CT molecular complexity index is 654. The van der Waals surface area contributed by atoms with Crippen LogP contribution in [0.2, 0.25) is 0 Å². The number of hydrogen-bond donors (Lipinski definition) is 2. The van der Waals surface area contributed by atoms with Crippen molar-refractivity contribution in [2.45, 2.75) is 61.9 Å². The highest BCUT2D eigenvalue weighted by Crippen LogP contribution is 2.34. The first-order chi connectivity index (χ1) is 12.7. The second kappa shape index (κ2) is 7.91. The average molecular weight is 374 g/mol. The van der Waals surface area contributed by atoms with Crippen LogP contribution in [0, 0.1) is 0 Å². The minimum absolute atomic E-state index is 0.0264. The highest BCUT2D eigenvalue weighted by atomic mass is 32.2. The van der Waals surface area contributed by atoms with Crippen LogP contribution < -0.4 is 10.6 Å². The number of nitrogens with zero attached hydrogens (tertiary/aromatic N) is 1. The molecule has 0 spiro atoms. The third-order valence-electron chi connectivity index (χ3n) is 5.82. The third-order valence-corrected chi connectivity index (χ3v) is 7.33. The number of urea groups is 1. The van der Waals surface area contributed by atoms with Gasteiger partial charge in [-0.1, -0.05) is 36.8 Å². The van der Waals surface area contributed by atoms with Crippen LogP contribution in [0.5, 0.6) is 0 Å². The predicted molar refractivity (Wildman–Crippen MR) is 104 cm³/mol. The van der Waals surface area contributed by atoms with Crippen molar-refractivity contribution in [1.82, 2.24) is 15.5 Å². The number of amides is 3. The molecule has 5 nitrogen and oxygen atoms in total. The molecule has 0 aromatic heterocycles. The molecule has 1 aromatic rings. The molecule has 0 unspecified atom stereocenters. The zero-order valence-corrected chi connectivity index (χ0v) is 15.8. The minimum atomic E-state index is -0.0264. The van der Waals surface area contributed by atoms with Crippen LogP contribution in [0.15, 0.2) is 30.3 Å². The number of unbranched alkanes of at least 4 members (excludes halogenated alkanes) is 1. The van der Waals surface area contributed by atoms with Gasteiger partial charge in [-0.15, -0.1) is 0 Å². The van der Waals surface area contributed by atoms with Crippen molar-refractivity contribution < 1.29 is 9.59 Å². The SMILES string of the molecule is O=C1N[C@H]2[C@H](CS[C@H]2CCCCC(=O)N2CCC[C@H]2c2ccccc2)N1. The Morgan fingerprint density at radius 1 is 1.19 bits per heavy atom. The molecule has 0 bridgehead atoms. The van der Waals surface area contributed by atoms with Crippen LogP contribution >= 0.6 is 11.8 Å². The molecule has 0 saturated carbocycles. The molecule has 4 rings (SSSR count). The molecule has 3 saturated heterocycles. The summed E-state index contributed by atoms with van der Waals surface area (Å²) in [6, 6.07) is 11.2. The van der Waals surface area contributed by atoms with Crippen LogP contribution in [0.4, 0.5) is 4.79 Å². The van der Waals surface area contributed by atoms with E-state index in [1.54, 1.807) is 0 Å². The molecule has 0 aliphatic carbocycles. The summed E-state index contributed by atoms with van der Waals surface area (Å²) in [5, 5.41) is 6.50. The van der Waals surface area contributed by atoms with E-state index in [4.69, 9.17) is 0 Å². The van der Waals surface area contributed by atoms with Gasteiger partial charge >= 0.3 is 6.03 Å². The molecule has 1 aromatic carbocycles. The van der Waals surface area contributed by atoms with Gasteiger partial charge in [0.15, 0.2) is 0 Å². The van der Waals surface area contributed by atoms with Crippen molar-refractivity contribution in [1.29, 1.82) is 0 Å². The van der Waals surface area contributed by atoms with Gasteiger partial charge in [0.2, 0.25) is 5.91 Å². The fourth-order valence-corrected chi connectivity index (χ4v) is 6.04. The second-order valence-corrected chi connectivity index (χ2v) is 8.80. The first-order valence-electron chi connectivity index (χ1n) is 9.75. The normalized spacial score (nSPS) is 30.2. The van der Waals surface area contributed by atoms with Gasteiger partial charge in [-0.05, 0) is 31.2 Å². The fourth-order valence-electron chi connectivity index (χ4n) is 4.50. The molecule has 26 heavy (non-hydrogen) atoms. The second-order valence-electron chi connectivity index (χ2n) is 7.52. The third kappa shape index (κ3) is 3.70.